The summed E-state index contributed by atoms with van der Waals surface area (Å²) in [6, 6.07) is 0.452. The van der Waals surface area contributed by atoms with Crippen LogP contribution in [0.5, 0.6) is 0 Å². The Kier molecular flexibility index (Phi) is 5.31. The van der Waals surface area contributed by atoms with Gasteiger partial charge >= 0.3 is 5.97 Å². The molecule has 100 valence electrons. The van der Waals surface area contributed by atoms with E-state index in [2.05, 4.69) is 15.3 Å². The maximum atomic E-state index is 11.2. The molecule has 1 aromatic rings. The fourth-order valence-electron chi connectivity index (χ4n) is 1.52. The summed E-state index contributed by atoms with van der Waals surface area (Å²) in [5.41, 5.74) is -0.314. The minimum Gasteiger partial charge on any atom is -0.480 e. The van der Waals surface area contributed by atoms with Crippen molar-refractivity contribution >= 4 is 11.8 Å². The Morgan fingerprint density at radius 3 is 2.94 bits per heavy atom. The molecule has 7 nitrogen and oxygen atoms in total. The van der Waals surface area contributed by atoms with Crippen LogP contribution >= 0.6 is 0 Å². The first-order valence-electron chi connectivity index (χ1n) is 5.59. The maximum Gasteiger partial charge on any atom is 0.326 e. The molecule has 7 heteroatoms. The van der Waals surface area contributed by atoms with E-state index < -0.39 is 12.0 Å². The van der Waals surface area contributed by atoms with Gasteiger partial charge in [-0.05, 0) is 19.8 Å². The summed E-state index contributed by atoms with van der Waals surface area (Å²) in [5.74, 6) is -0.280. The predicted octanol–water partition coefficient (Wildman–Crippen LogP) is 0.370. The van der Waals surface area contributed by atoms with Gasteiger partial charge in [0.1, 0.15) is 17.7 Å². The number of H-pyrrole nitrogens is 1. The van der Waals surface area contributed by atoms with Crippen LogP contribution in [-0.4, -0.2) is 40.8 Å². The first-order chi connectivity index (χ1) is 8.52. The van der Waals surface area contributed by atoms with Gasteiger partial charge in [0.25, 0.3) is 5.56 Å². The molecule has 1 unspecified atom stereocenters. The highest BCUT2D eigenvalue weighted by Crippen LogP contribution is 2.06. The van der Waals surface area contributed by atoms with Gasteiger partial charge in [-0.2, -0.15) is 0 Å². The molecule has 0 fully saturated rings. The lowest BCUT2D eigenvalue weighted by Crippen LogP contribution is -2.30. The molecule has 0 bridgehead atoms. The molecule has 1 aromatic heterocycles. The van der Waals surface area contributed by atoms with Crippen molar-refractivity contribution in [1.29, 1.82) is 0 Å². The van der Waals surface area contributed by atoms with Crippen LogP contribution in [0.15, 0.2) is 10.9 Å². The quantitative estimate of drug-likeness (QED) is 0.608. The Morgan fingerprint density at radius 2 is 2.39 bits per heavy atom. The zero-order valence-electron chi connectivity index (χ0n) is 10.4. The fraction of sp³-hybridized carbons (Fsp3) is 0.545. The molecule has 3 N–H and O–H groups in total. The first kappa shape index (κ1) is 14.2. The van der Waals surface area contributed by atoms with E-state index in [-0.39, 0.29) is 11.4 Å². The van der Waals surface area contributed by atoms with Crippen LogP contribution in [0.2, 0.25) is 0 Å². The molecule has 1 rings (SSSR count). The van der Waals surface area contributed by atoms with E-state index >= 15 is 0 Å². The first-order valence-corrected chi connectivity index (χ1v) is 5.59. The minimum absolute atomic E-state index is 0.265. The Morgan fingerprint density at radius 1 is 1.67 bits per heavy atom. The van der Waals surface area contributed by atoms with Crippen molar-refractivity contribution in [3.63, 3.8) is 0 Å². The molecule has 0 aliphatic carbocycles. The number of rotatable bonds is 7. The standard InChI is InChI=1S/C11H17N3O4/c1-7-12-9(6-10(15)13-7)14-8(11(16)17)4-3-5-18-2/h6,8H,3-5H2,1-2H3,(H,16,17)(H2,12,13,14,15). The number of aliphatic carboxylic acids is 1. The van der Waals surface area contributed by atoms with Crippen molar-refractivity contribution in [3.05, 3.63) is 22.2 Å². The molecule has 0 radical (unpaired) electrons. The number of aromatic nitrogens is 2. The second-order valence-electron chi connectivity index (χ2n) is 3.89. The van der Waals surface area contributed by atoms with Crippen molar-refractivity contribution < 1.29 is 14.6 Å². The van der Waals surface area contributed by atoms with Gasteiger partial charge in [0.2, 0.25) is 0 Å². The molecule has 0 aliphatic rings. The van der Waals surface area contributed by atoms with Gasteiger partial charge in [-0.15, -0.1) is 0 Å². The van der Waals surface area contributed by atoms with Crippen LogP contribution in [-0.2, 0) is 9.53 Å². The van der Waals surface area contributed by atoms with Crippen molar-refractivity contribution in [2.45, 2.75) is 25.8 Å². The molecule has 0 aromatic carbocycles. The third-order valence-electron chi connectivity index (χ3n) is 2.32. The smallest absolute Gasteiger partial charge is 0.326 e. The van der Waals surface area contributed by atoms with E-state index in [1.54, 1.807) is 14.0 Å². The van der Waals surface area contributed by atoms with Crippen molar-refractivity contribution in [1.82, 2.24) is 9.97 Å². The largest absolute Gasteiger partial charge is 0.480 e. The molecule has 1 heterocycles. The zero-order valence-corrected chi connectivity index (χ0v) is 10.4. The van der Waals surface area contributed by atoms with E-state index in [0.717, 1.165) is 0 Å². The summed E-state index contributed by atoms with van der Waals surface area (Å²) < 4.78 is 4.87. The number of nitrogens with zero attached hydrogens (tertiary/aromatic N) is 1. The summed E-state index contributed by atoms with van der Waals surface area (Å²) in [4.78, 5) is 28.8. The number of carboxylic acids is 1. The molecule has 18 heavy (non-hydrogen) atoms. The van der Waals surface area contributed by atoms with E-state index in [0.29, 0.717) is 25.3 Å². The van der Waals surface area contributed by atoms with Gasteiger partial charge in [0.05, 0.1) is 0 Å². The summed E-state index contributed by atoms with van der Waals surface area (Å²) in [6.45, 7) is 2.13. The number of methoxy groups -OCH3 is 1. The second kappa shape index (κ2) is 6.75. The molecule has 0 aliphatic heterocycles. The van der Waals surface area contributed by atoms with Gasteiger partial charge < -0.3 is 20.1 Å². The average Bonchev–Trinajstić information content (AvgIpc) is 2.26. The molecule has 0 spiro atoms. The van der Waals surface area contributed by atoms with E-state index in [9.17, 15) is 9.59 Å². The normalized spacial score (nSPS) is 12.1. The highest BCUT2D eigenvalue weighted by molar-refractivity contribution is 5.76. The zero-order chi connectivity index (χ0) is 13.5. The lowest BCUT2D eigenvalue weighted by Gasteiger charge is -2.14. The molecule has 1 atom stereocenters. The number of hydrogen-bond acceptors (Lipinski definition) is 5. The van der Waals surface area contributed by atoms with Crippen LogP contribution in [0.3, 0.4) is 0 Å². The summed E-state index contributed by atoms with van der Waals surface area (Å²) >= 11 is 0. The molecular weight excluding hydrogens is 238 g/mol. The third-order valence-corrected chi connectivity index (χ3v) is 2.32. The second-order valence-corrected chi connectivity index (χ2v) is 3.89. The minimum atomic E-state index is -0.981. The highest BCUT2D eigenvalue weighted by Gasteiger charge is 2.17. The predicted molar refractivity (Wildman–Crippen MR) is 65.8 cm³/mol. The number of aromatic amines is 1. The Balaban J connectivity index is 2.70. The number of nitrogens with one attached hydrogen (secondary N) is 2. The lowest BCUT2D eigenvalue weighted by atomic mass is 10.1. The summed E-state index contributed by atoms with van der Waals surface area (Å²) in [7, 11) is 1.56. The number of carbonyl (C=O) groups is 1. The summed E-state index contributed by atoms with van der Waals surface area (Å²) in [6.07, 6.45) is 1.01. The maximum absolute atomic E-state index is 11.2. The van der Waals surface area contributed by atoms with Crippen molar-refractivity contribution in [2.24, 2.45) is 0 Å². The van der Waals surface area contributed by atoms with Gasteiger partial charge in [0, 0.05) is 19.8 Å². The van der Waals surface area contributed by atoms with Gasteiger partial charge in [-0.1, -0.05) is 0 Å². The SMILES string of the molecule is COCCCC(Nc1cc(=O)[nH]c(C)n1)C(=O)O. The van der Waals surface area contributed by atoms with Crippen molar-refractivity contribution in [3.8, 4) is 0 Å². The fourth-order valence-corrected chi connectivity index (χ4v) is 1.52. The summed E-state index contributed by atoms with van der Waals surface area (Å²) in [5, 5.41) is 11.8. The molecular formula is C11H17N3O4. The van der Waals surface area contributed by atoms with Gasteiger partial charge in [-0.25, -0.2) is 9.78 Å². The van der Waals surface area contributed by atoms with Crippen LogP contribution in [0.4, 0.5) is 5.82 Å². The Labute approximate surface area is 104 Å². The molecule has 0 amide bonds. The van der Waals surface area contributed by atoms with Crippen LogP contribution < -0.4 is 10.9 Å². The number of ether oxygens (including phenoxy) is 1. The Hall–Kier alpha value is -1.89. The number of aryl methyl sites for hydroxylation is 1. The molecule has 0 saturated carbocycles. The van der Waals surface area contributed by atoms with Crippen molar-refractivity contribution in [2.75, 3.05) is 19.0 Å². The molecule has 0 saturated heterocycles. The number of carboxylic acid groups (broad SMARTS) is 1. The van der Waals surface area contributed by atoms with E-state index in [1.807, 2.05) is 0 Å². The lowest BCUT2D eigenvalue weighted by molar-refractivity contribution is -0.138. The van der Waals surface area contributed by atoms with Crippen LogP contribution in [0, 0.1) is 6.92 Å². The average molecular weight is 255 g/mol. The topological polar surface area (TPSA) is 104 Å². The van der Waals surface area contributed by atoms with Gasteiger partial charge in [0.15, 0.2) is 0 Å². The Bertz CT molecular complexity index is 458. The monoisotopic (exact) mass is 255 g/mol. The number of hydrogen-bond donors (Lipinski definition) is 3. The van der Waals surface area contributed by atoms with Crippen LogP contribution in [0.25, 0.3) is 0 Å². The van der Waals surface area contributed by atoms with E-state index in [1.165, 1.54) is 6.07 Å². The number of anilines is 1. The highest BCUT2D eigenvalue weighted by atomic mass is 16.5. The van der Waals surface area contributed by atoms with Crippen LogP contribution in [0.1, 0.15) is 18.7 Å². The third kappa shape index (κ3) is 4.54. The van der Waals surface area contributed by atoms with Gasteiger partial charge in [-0.3, -0.25) is 4.79 Å². The van der Waals surface area contributed by atoms with E-state index in [4.69, 9.17) is 9.84 Å².